The van der Waals surface area contributed by atoms with Gasteiger partial charge in [0, 0.05) is 13.1 Å². The second-order valence-electron chi connectivity index (χ2n) is 5.03. The molecule has 0 aliphatic heterocycles. The first-order chi connectivity index (χ1) is 8.90. The minimum Gasteiger partial charge on any atom is -0.505 e. The number of halogens is 1. The zero-order valence-corrected chi connectivity index (χ0v) is 11.5. The lowest BCUT2D eigenvalue weighted by Gasteiger charge is -2.15. The summed E-state index contributed by atoms with van der Waals surface area (Å²) in [5.74, 6) is -0.696. The maximum atomic E-state index is 13.1. The highest BCUT2D eigenvalue weighted by molar-refractivity contribution is 5.81. The molecule has 0 heterocycles. The van der Waals surface area contributed by atoms with Gasteiger partial charge in [-0.25, -0.2) is 4.39 Å². The van der Waals surface area contributed by atoms with Gasteiger partial charge in [-0.1, -0.05) is 19.9 Å². The number of benzene rings is 1. The number of hydrogen-bond acceptors (Lipinski definition) is 3. The van der Waals surface area contributed by atoms with Crippen LogP contribution in [0.4, 0.5) is 4.39 Å². The first kappa shape index (κ1) is 15.4. The molecule has 0 spiro atoms. The van der Waals surface area contributed by atoms with Gasteiger partial charge in [-0.05, 0) is 30.5 Å². The van der Waals surface area contributed by atoms with Gasteiger partial charge in [0.2, 0.25) is 5.91 Å². The van der Waals surface area contributed by atoms with E-state index in [0.29, 0.717) is 24.6 Å². The van der Waals surface area contributed by atoms with Crippen LogP contribution in [-0.2, 0) is 11.3 Å². The summed E-state index contributed by atoms with van der Waals surface area (Å²) in [7, 11) is 0. The summed E-state index contributed by atoms with van der Waals surface area (Å²) in [6.07, 6.45) is 0. The van der Waals surface area contributed by atoms with E-state index in [0.717, 1.165) is 0 Å². The molecule has 0 radical (unpaired) electrons. The molecule has 0 aliphatic carbocycles. The second-order valence-corrected chi connectivity index (χ2v) is 5.03. The molecule has 5 heteroatoms. The first-order valence-electron chi connectivity index (χ1n) is 6.38. The van der Waals surface area contributed by atoms with Gasteiger partial charge in [0.15, 0.2) is 11.6 Å². The number of phenolic OH excluding ortho intramolecular Hbond substituents is 1. The fourth-order valence-electron chi connectivity index (χ4n) is 1.48. The van der Waals surface area contributed by atoms with Crippen molar-refractivity contribution < 1.29 is 14.3 Å². The van der Waals surface area contributed by atoms with Crippen molar-refractivity contribution in [2.75, 3.05) is 6.54 Å². The highest BCUT2D eigenvalue weighted by atomic mass is 19.1. The molecule has 1 aromatic rings. The average molecular weight is 268 g/mol. The largest absolute Gasteiger partial charge is 0.505 e. The Morgan fingerprint density at radius 1 is 1.37 bits per heavy atom. The molecule has 1 rings (SSSR count). The van der Waals surface area contributed by atoms with Crippen LogP contribution in [0.15, 0.2) is 18.2 Å². The van der Waals surface area contributed by atoms with Crippen LogP contribution in [0.25, 0.3) is 0 Å². The lowest BCUT2D eigenvalue weighted by Crippen LogP contribution is -2.42. The van der Waals surface area contributed by atoms with Gasteiger partial charge in [0.1, 0.15) is 0 Å². The van der Waals surface area contributed by atoms with Crippen LogP contribution < -0.4 is 10.6 Å². The SMILES string of the molecule is CC(C)CNC(=O)C(C)NCc1ccc(O)c(F)c1. The Kier molecular flexibility index (Phi) is 5.76. The Balaban J connectivity index is 2.42. The third-order valence-corrected chi connectivity index (χ3v) is 2.70. The van der Waals surface area contributed by atoms with Crippen molar-refractivity contribution in [1.82, 2.24) is 10.6 Å². The standard InChI is InChI=1S/C14H21FN2O2/c1-9(2)7-17-14(19)10(3)16-8-11-4-5-13(18)12(15)6-11/h4-6,9-10,16,18H,7-8H2,1-3H3,(H,17,19). The van der Waals surface area contributed by atoms with Crippen LogP contribution in [0.2, 0.25) is 0 Å². The van der Waals surface area contributed by atoms with E-state index in [1.807, 2.05) is 13.8 Å². The molecule has 1 aromatic carbocycles. The van der Waals surface area contributed by atoms with Crippen molar-refractivity contribution in [3.8, 4) is 5.75 Å². The summed E-state index contributed by atoms with van der Waals surface area (Å²) in [5.41, 5.74) is 0.679. The quantitative estimate of drug-likeness (QED) is 0.737. The minimum absolute atomic E-state index is 0.0760. The maximum absolute atomic E-state index is 13.1. The second kappa shape index (κ2) is 7.09. The number of hydrogen-bond donors (Lipinski definition) is 3. The van der Waals surface area contributed by atoms with Crippen LogP contribution >= 0.6 is 0 Å². The molecule has 1 unspecified atom stereocenters. The summed E-state index contributed by atoms with van der Waals surface area (Å²) in [6.45, 7) is 6.81. The molecule has 4 nitrogen and oxygen atoms in total. The molecule has 0 saturated carbocycles. The lowest BCUT2D eigenvalue weighted by atomic mass is 10.2. The predicted octanol–water partition coefficient (Wildman–Crippen LogP) is 1.78. The van der Waals surface area contributed by atoms with E-state index >= 15 is 0 Å². The zero-order valence-electron chi connectivity index (χ0n) is 11.5. The number of carbonyl (C=O) groups excluding carboxylic acids is 1. The summed E-state index contributed by atoms with van der Waals surface area (Å²) >= 11 is 0. The molecule has 0 aliphatic rings. The number of nitrogens with one attached hydrogen (secondary N) is 2. The van der Waals surface area contributed by atoms with Gasteiger partial charge >= 0.3 is 0 Å². The Labute approximate surface area is 113 Å². The molecule has 1 atom stereocenters. The number of carbonyl (C=O) groups is 1. The van der Waals surface area contributed by atoms with E-state index in [4.69, 9.17) is 5.11 Å². The fraction of sp³-hybridized carbons (Fsp3) is 0.500. The molecular formula is C14H21FN2O2. The molecule has 0 aromatic heterocycles. The van der Waals surface area contributed by atoms with Gasteiger partial charge in [-0.15, -0.1) is 0 Å². The van der Waals surface area contributed by atoms with Crippen LogP contribution in [-0.4, -0.2) is 23.6 Å². The zero-order chi connectivity index (χ0) is 14.4. The van der Waals surface area contributed by atoms with E-state index < -0.39 is 5.82 Å². The summed E-state index contributed by atoms with van der Waals surface area (Å²) in [5, 5.41) is 14.9. The predicted molar refractivity (Wildman–Crippen MR) is 72.2 cm³/mol. The number of aromatic hydroxyl groups is 1. The van der Waals surface area contributed by atoms with Crippen LogP contribution in [0, 0.1) is 11.7 Å². The summed E-state index contributed by atoms with van der Waals surface area (Å²) < 4.78 is 13.1. The van der Waals surface area contributed by atoms with Crippen molar-refractivity contribution in [1.29, 1.82) is 0 Å². The summed E-state index contributed by atoms with van der Waals surface area (Å²) in [4.78, 5) is 11.7. The Morgan fingerprint density at radius 3 is 2.63 bits per heavy atom. The molecule has 0 fully saturated rings. The average Bonchev–Trinajstić information content (AvgIpc) is 2.36. The number of phenols is 1. The van der Waals surface area contributed by atoms with Gasteiger partial charge in [0.25, 0.3) is 0 Å². The smallest absolute Gasteiger partial charge is 0.236 e. The molecule has 1 amide bonds. The fourth-order valence-corrected chi connectivity index (χ4v) is 1.48. The van der Waals surface area contributed by atoms with Gasteiger partial charge < -0.3 is 15.7 Å². The monoisotopic (exact) mass is 268 g/mol. The Morgan fingerprint density at radius 2 is 2.05 bits per heavy atom. The van der Waals surface area contributed by atoms with Crippen molar-refractivity contribution in [3.05, 3.63) is 29.6 Å². The van der Waals surface area contributed by atoms with E-state index in [1.54, 1.807) is 13.0 Å². The van der Waals surface area contributed by atoms with Crippen molar-refractivity contribution in [2.45, 2.75) is 33.4 Å². The molecule has 106 valence electrons. The maximum Gasteiger partial charge on any atom is 0.236 e. The van der Waals surface area contributed by atoms with Crippen LogP contribution in [0.5, 0.6) is 5.75 Å². The highest BCUT2D eigenvalue weighted by Crippen LogP contribution is 2.15. The Hall–Kier alpha value is -1.62. The third-order valence-electron chi connectivity index (χ3n) is 2.70. The normalized spacial score (nSPS) is 12.5. The van der Waals surface area contributed by atoms with Crippen LogP contribution in [0.3, 0.4) is 0 Å². The Bertz CT molecular complexity index is 435. The molecular weight excluding hydrogens is 247 g/mol. The van der Waals surface area contributed by atoms with E-state index in [1.165, 1.54) is 12.1 Å². The van der Waals surface area contributed by atoms with E-state index in [-0.39, 0.29) is 17.7 Å². The third kappa shape index (κ3) is 5.26. The van der Waals surface area contributed by atoms with Crippen molar-refractivity contribution in [3.63, 3.8) is 0 Å². The molecule has 19 heavy (non-hydrogen) atoms. The highest BCUT2D eigenvalue weighted by Gasteiger charge is 2.12. The minimum atomic E-state index is -0.656. The molecule has 3 N–H and O–H groups in total. The van der Waals surface area contributed by atoms with Gasteiger partial charge in [-0.2, -0.15) is 0 Å². The molecule has 0 saturated heterocycles. The van der Waals surface area contributed by atoms with E-state index in [9.17, 15) is 9.18 Å². The number of amides is 1. The van der Waals surface area contributed by atoms with Crippen molar-refractivity contribution in [2.24, 2.45) is 5.92 Å². The lowest BCUT2D eigenvalue weighted by molar-refractivity contribution is -0.122. The van der Waals surface area contributed by atoms with E-state index in [2.05, 4.69) is 10.6 Å². The topological polar surface area (TPSA) is 61.4 Å². The van der Waals surface area contributed by atoms with Crippen molar-refractivity contribution >= 4 is 5.91 Å². The first-order valence-corrected chi connectivity index (χ1v) is 6.38. The van der Waals surface area contributed by atoms with Gasteiger partial charge in [0.05, 0.1) is 6.04 Å². The van der Waals surface area contributed by atoms with Crippen LogP contribution in [0.1, 0.15) is 26.3 Å². The molecule has 0 bridgehead atoms. The van der Waals surface area contributed by atoms with Gasteiger partial charge in [-0.3, -0.25) is 4.79 Å². The summed E-state index contributed by atoms with van der Waals surface area (Å²) in [6, 6.07) is 3.82. The number of rotatable bonds is 6.